The number of alkyl halides is 1. The van der Waals surface area contributed by atoms with Crippen molar-refractivity contribution in [1.82, 2.24) is 0 Å². The number of hydrogen-bond acceptors (Lipinski definition) is 0. The number of aryl methyl sites for hydroxylation is 1. The van der Waals surface area contributed by atoms with Crippen LogP contribution in [0.25, 0.3) is 11.1 Å². The second-order valence-electron chi connectivity index (χ2n) is 10.8. The molecular formula is C31H42F2. The molecule has 2 aliphatic carbocycles. The minimum absolute atomic E-state index is 0.103. The second kappa shape index (κ2) is 12.1. The molecule has 2 aliphatic rings. The van der Waals surface area contributed by atoms with Crippen molar-refractivity contribution in [2.24, 2.45) is 17.8 Å². The van der Waals surface area contributed by atoms with Gasteiger partial charge in [-0.05, 0) is 104 Å². The first-order valence-electron chi connectivity index (χ1n) is 13.6. The first-order valence-corrected chi connectivity index (χ1v) is 13.6. The third kappa shape index (κ3) is 6.46. The van der Waals surface area contributed by atoms with Crippen LogP contribution in [0.3, 0.4) is 0 Å². The summed E-state index contributed by atoms with van der Waals surface area (Å²) in [7, 11) is 0. The van der Waals surface area contributed by atoms with Gasteiger partial charge in [0, 0.05) is 5.56 Å². The fraction of sp³-hybridized carbons (Fsp3) is 0.613. The average Bonchev–Trinajstić information content (AvgIpc) is 2.86. The molecule has 4 rings (SSSR count). The Labute approximate surface area is 200 Å². The summed E-state index contributed by atoms with van der Waals surface area (Å²) in [6, 6.07) is 14.0. The third-order valence-corrected chi connectivity index (χ3v) is 8.61. The van der Waals surface area contributed by atoms with Gasteiger partial charge < -0.3 is 0 Å². The highest BCUT2D eigenvalue weighted by Crippen LogP contribution is 2.44. The largest absolute Gasteiger partial charge is 0.251 e. The molecule has 180 valence electrons. The zero-order chi connectivity index (χ0) is 23.0. The van der Waals surface area contributed by atoms with Crippen molar-refractivity contribution in [1.29, 1.82) is 0 Å². The van der Waals surface area contributed by atoms with Crippen LogP contribution in [0.2, 0.25) is 0 Å². The van der Waals surface area contributed by atoms with Gasteiger partial charge in [-0.2, -0.15) is 0 Å². The number of halogens is 2. The first kappa shape index (κ1) is 24.4. The minimum atomic E-state index is -0.253. The van der Waals surface area contributed by atoms with Gasteiger partial charge in [0.2, 0.25) is 0 Å². The zero-order valence-electron chi connectivity index (χ0n) is 20.5. The molecule has 0 bridgehead atoms. The van der Waals surface area contributed by atoms with Crippen molar-refractivity contribution in [3.63, 3.8) is 0 Å². The van der Waals surface area contributed by atoms with Crippen LogP contribution in [0, 0.1) is 23.6 Å². The molecule has 2 fully saturated rings. The Balaban J connectivity index is 1.31. The van der Waals surface area contributed by atoms with Crippen LogP contribution in [0.5, 0.6) is 0 Å². The summed E-state index contributed by atoms with van der Waals surface area (Å²) in [5, 5.41) is 0. The van der Waals surface area contributed by atoms with Crippen LogP contribution < -0.4 is 0 Å². The molecule has 0 atom stereocenters. The topological polar surface area (TPSA) is 0 Å². The predicted octanol–water partition coefficient (Wildman–Crippen LogP) is 9.67. The molecule has 0 saturated heterocycles. The zero-order valence-corrected chi connectivity index (χ0v) is 20.5. The smallest absolute Gasteiger partial charge is 0.131 e. The highest BCUT2D eigenvalue weighted by atomic mass is 19.1. The predicted molar refractivity (Wildman–Crippen MR) is 136 cm³/mol. The van der Waals surface area contributed by atoms with Gasteiger partial charge in [0.15, 0.2) is 0 Å². The summed E-state index contributed by atoms with van der Waals surface area (Å²) in [5.74, 6) is 3.24. The van der Waals surface area contributed by atoms with E-state index in [0.717, 1.165) is 36.2 Å². The molecule has 0 aromatic heterocycles. The molecule has 2 saturated carbocycles. The number of benzene rings is 2. The van der Waals surface area contributed by atoms with E-state index >= 15 is 4.39 Å². The summed E-state index contributed by atoms with van der Waals surface area (Å²) < 4.78 is 27.4. The van der Waals surface area contributed by atoms with Crippen LogP contribution in [-0.4, -0.2) is 6.67 Å². The Morgan fingerprint density at radius 2 is 1.45 bits per heavy atom. The number of unbranched alkanes of at least 4 members (excludes halogenated alkanes) is 1. The van der Waals surface area contributed by atoms with Crippen LogP contribution in [0.15, 0.2) is 42.5 Å². The molecule has 0 aliphatic heterocycles. The maximum Gasteiger partial charge on any atom is 0.131 e. The van der Waals surface area contributed by atoms with Crippen molar-refractivity contribution < 1.29 is 8.78 Å². The lowest BCUT2D eigenvalue weighted by molar-refractivity contribution is 0.156. The van der Waals surface area contributed by atoms with E-state index in [0.29, 0.717) is 17.9 Å². The highest BCUT2D eigenvalue weighted by Gasteiger charge is 2.31. The quantitative estimate of drug-likeness (QED) is 0.332. The molecule has 0 N–H and O–H groups in total. The van der Waals surface area contributed by atoms with Crippen molar-refractivity contribution in [2.75, 3.05) is 6.67 Å². The lowest BCUT2D eigenvalue weighted by Crippen LogP contribution is -2.25. The van der Waals surface area contributed by atoms with Crippen LogP contribution in [0.4, 0.5) is 8.78 Å². The summed E-state index contributed by atoms with van der Waals surface area (Å²) >= 11 is 0. The Morgan fingerprint density at radius 3 is 2.06 bits per heavy atom. The monoisotopic (exact) mass is 452 g/mol. The lowest BCUT2D eigenvalue weighted by atomic mass is 9.68. The maximum absolute atomic E-state index is 15.1. The van der Waals surface area contributed by atoms with Crippen LogP contribution in [0.1, 0.15) is 101 Å². The summed E-state index contributed by atoms with van der Waals surface area (Å²) in [6.07, 6.45) is 16.0. The van der Waals surface area contributed by atoms with E-state index in [1.807, 2.05) is 18.2 Å². The van der Waals surface area contributed by atoms with Crippen molar-refractivity contribution in [3.05, 3.63) is 59.4 Å². The van der Waals surface area contributed by atoms with Gasteiger partial charge >= 0.3 is 0 Å². The molecule has 0 nitrogen and oxygen atoms in total. The van der Waals surface area contributed by atoms with Crippen molar-refractivity contribution in [2.45, 2.75) is 96.3 Å². The Bertz CT molecular complexity index is 840. The molecule has 0 heterocycles. The van der Waals surface area contributed by atoms with E-state index in [-0.39, 0.29) is 12.5 Å². The normalized spacial score (nSPS) is 25.8. The average molecular weight is 453 g/mol. The molecule has 2 aromatic carbocycles. The van der Waals surface area contributed by atoms with Gasteiger partial charge in [-0.3, -0.25) is 4.39 Å². The summed E-state index contributed by atoms with van der Waals surface area (Å²) in [5.41, 5.74) is 3.99. The van der Waals surface area contributed by atoms with Crippen LogP contribution in [-0.2, 0) is 6.42 Å². The van der Waals surface area contributed by atoms with E-state index in [9.17, 15) is 4.39 Å². The number of rotatable bonds is 9. The Kier molecular flexibility index (Phi) is 8.98. The molecule has 2 aromatic rings. The Hall–Kier alpha value is -1.70. The van der Waals surface area contributed by atoms with Gasteiger partial charge in [-0.25, -0.2) is 4.39 Å². The van der Waals surface area contributed by atoms with E-state index in [1.165, 1.54) is 75.3 Å². The van der Waals surface area contributed by atoms with Gasteiger partial charge in [0.05, 0.1) is 6.67 Å². The van der Waals surface area contributed by atoms with Gasteiger partial charge in [-0.15, -0.1) is 0 Å². The van der Waals surface area contributed by atoms with E-state index in [4.69, 9.17) is 0 Å². The molecule has 33 heavy (non-hydrogen) atoms. The fourth-order valence-electron chi connectivity index (χ4n) is 6.57. The summed E-state index contributed by atoms with van der Waals surface area (Å²) in [4.78, 5) is 0. The fourth-order valence-corrected chi connectivity index (χ4v) is 6.57. The van der Waals surface area contributed by atoms with Crippen LogP contribution >= 0.6 is 0 Å². The number of hydrogen-bond donors (Lipinski definition) is 0. The standard InChI is InChI=1S/C31H42F2/c1-2-5-23-7-11-25(12-8-23)26-15-17-27(18-16-26)29-19-20-30(31(33)22-29)28-13-9-24(10-14-28)6-3-4-21-32/h9-10,13-14,19-20,22-23,25-27H,2-8,11-12,15-18,21H2,1H3. The molecule has 0 amide bonds. The Morgan fingerprint density at radius 1 is 0.788 bits per heavy atom. The van der Waals surface area contributed by atoms with Gasteiger partial charge in [0.1, 0.15) is 5.82 Å². The SMILES string of the molecule is CCCC1CCC(C2CCC(c3ccc(-c4ccc(CCCCF)cc4)c(F)c3)CC2)CC1. The second-order valence-corrected chi connectivity index (χ2v) is 10.8. The van der Waals surface area contributed by atoms with Crippen molar-refractivity contribution >= 4 is 0 Å². The molecule has 0 spiro atoms. The first-order chi connectivity index (χ1) is 16.2. The van der Waals surface area contributed by atoms with Gasteiger partial charge in [-0.1, -0.05) is 69.0 Å². The lowest BCUT2D eigenvalue weighted by Gasteiger charge is -2.38. The van der Waals surface area contributed by atoms with E-state index < -0.39 is 0 Å². The highest BCUT2D eigenvalue weighted by molar-refractivity contribution is 5.65. The molecule has 2 heteroatoms. The van der Waals surface area contributed by atoms with E-state index in [2.05, 4.69) is 25.1 Å². The van der Waals surface area contributed by atoms with Crippen molar-refractivity contribution in [3.8, 4) is 11.1 Å². The van der Waals surface area contributed by atoms with E-state index in [1.54, 1.807) is 6.07 Å². The molecule has 0 radical (unpaired) electrons. The third-order valence-electron chi connectivity index (χ3n) is 8.61. The maximum atomic E-state index is 15.1. The molecule has 0 unspecified atom stereocenters. The molecular weight excluding hydrogens is 410 g/mol. The minimum Gasteiger partial charge on any atom is -0.251 e. The summed E-state index contributed by atoms with van der Waals surface area (Å²) in [6.45, 7) is 2.06. The van der Waals surface area contributed by atoms with Gasteiger partial charge in [0.25, 0.3) is 0 Å².